The van der Waals surface area contributed by atoms with Gasteiger partial charge < -0.3 is 0 Å². The van der Waals surface area contributed by atoms with E-state index in [9.17, 15) is 4.39 Å². The van der Waals surface area contributed by atoms with Gasteiger partial charge in [0.2, 0.25) is 5.28 Å². The zero-order valence-electron chi connectivity index (χ0n) is 8.04. The molecule has 0 aliphatic heterocycles. The fourth-order valence-corrected chi connectivity index (χ4v) is 1.55. The van der Waals surface area contributed by atoms with E-state index < -0.39 is 0 Å². The first kappa shape index (κ1) is 10.1. The molecule has 0 spiro atoms. The maximum atomic E-state index is 13.0. The van der Waals surface area contributed by atoms with Crippen LogP contribution in [0.5, 0.6) is 0 Å². The summed E-state index contributed by atoms with van der Waals surface area (Å²) in [4.78, 5) is 7.98. The SMILES string of the molecule is Cc1cc(-c2cccc(F)c2)nc(Cl)n1. The highest BCUT2D eigenvalue weighted by Gasteiger charge is 2.03. The second-order valence-corrected chi connectivity index (χ2v) is 3.51. The number of halogens is 2. The van der Waals surface area contributed by atoms with Crippen LogP contribution in [0.2, 0.25) is 5.28 Å². The first-order valence-electron chi connectivity index (χ1n) is 4.42. The van der Waals surface area contributed by atoms with Gasteiger partial charge in [0.15, 0.2) is 0 Å². The average Bonchev–Trinajstić information content (AvgIpc) is 2.16. The second kappa shape index (κ2) is 3.95. The molecule has 0 unspecified atom stereocenters. The first-order chi connectivity index (χ1) is 7.15. The molecule has 0 atom stereocenters. The zero-order chi connectivity index (χ0) is 10.8. The summed E-state index contributed by atoms with van der Waals surface area (Å²) in [6, 6.07) is 7.98. The Morgan fingerprint density at radius 1 is 1.20 bits per heavy atom. The first-order valence-corrected chi connectivity index (χ1v) is 4.80. The molecular weight excluding hydrogens is 215 g/mol. The lowest BCUT2D eigenvalue weighted by atomic mass is 10.1. The van der Waals surface area contributed by atoms with Crippen molar-refractivity contribution >= 4 is 11.6 Å². The average molecular weight is 223 g/mol. The molecular formula is C11H8ClFN2. The molecule has 1 aromatic carbocycles. The lowest BCUT2D eigenvalue weighted by Crippen LogP contribution is -1.90. The molecule has 0 saturated carbocycles. The van der Waals surface area contributed by atoms with Crippen molar-refractivity contribution in [2.75, 3.05) is 0 Å². The maximum absolute atomic E-state index is 13.0. The Bertz CT molecular complexity index is 479. The van der Waals surface area contributed by atoms with Crippen LogP contribution in [0.25, 0.3) is 11.3 Å². The quantitative estimate of drug-likeness (QED) is 0.693. The summed E-state index contributed by atoms with van der Waals surface area (Å²) in [5, 5.41) is 0.175. The highest BCUT2D eigenvalue weighted by molar-refractivity contribution is 6.28. The Hall–Kier alpha value is -1.48. The van der Waals surface area contributed by atoms with Crippen molar-refractivity contribution in [1.29, 1.82) is 0 Å². The van der Waals surface area contributed by atoms with Gasteiger partial charge in [0.05, 0.1) is 5.69 Å². The van der Waals surface area contributed by atoms with Crippen LogP contribution in [0.3, 0.4) is 0 Å². The molecule has 0 radical (unpaired) electrons. The second-order valence-electron chi connectivity index (χ2n) is 3.17. The molecule has 2 rings (SSSR count). The van der Waals surface area contributed by atoms with Gasteiger partial charge in [-0.05, 0) is 36.7 Å². The summed E-state index contributed by atoms with van der Waals surface area (Å²) in [6.45, 7) is 1.82. The minimum absolute atomic E-state index is 0.175. The highest BCUT2D eigenvalue weighted by atomic mass is 35.5. The predicted octanol–water partition coefficient (Wildman–Crippen LogP) is 3.24. The number of rotatable bonds is 1. The lowest BCUT2D eigenvalue weighted by molar-refractivity contribution is 0.628. The van der Waals surface area contributed by atoms with Crippen molar-refractivity contribution < 1.29 is 4.39 Å². The largest absolute Gasteiger partial charge is 0.223 e. The van der Waals surface area contributed by atoms with E-state index in [1.165, 1.54) is 12.1 Å². The molecule has 15 heavy (non-hydrogen) atoms. The van der Waals surface area contributed by atoms with Crippen LogP contribution in [0.4, 0.5) is 4.39 Å². The van der Waals surface area contributed by atoms with Gasteiger partial charge in [0.25, 0.3) is 0 Å². The number of hydrogen-bond donors (Lipinski definition) is 0. The minimum atomic E-state index is -0.292. The number of benzene rings is 1. The van der Waals surface area contributed by atoms with Gasteiger partial charge in [-0.1, -0.05) is 12.1 Å². The smallest absolute Gasteiger partial charge is 0.223 e. The van der Waals surface area contributed by atoms with Gasteiger partial charge in [-0.15, -0.1) is 0 Å². The lowest BCUT2D eigenvalue weighted by Gasteiger charge is -2.02. The summed E-state index contributed by atoms with van der Waals surface area (Å²) < 4.78 is 13.0. The third-order valence-electron chi connectivity index (χ3n) is 1.95. The van der Waals surface area contributed by atoms with Crippen LogP contribution in [-0.2, 0) is 0 Å². The molecule has 2 aromatic rings. The molecule has 4 heteroatoms. The molecule has 1 heterocycles. The fraction of sp³-hybridized carbons (Fsp3) is 0.0909. The van der Waals surface area contributed by atoms with E-state index in [1.54, 1.807) is 18.2 Å². The topological polar surface area (TPSA) is 25.8 Å². The van der Waals surface area contributed by atoms with E-state index >= 15 is 0 Å². The monoisotopic (exact) mass is 222 g/mol. The van der Waals surface area contributed by atoms with Crippen LogP contribution in [0.1, 0.15) is 5.69 Å². The Morgan fingerprint density at radius 3 is 2.67 bits per heavy atom. The standard InChI is InChI=1S/C11H8ClFN2/c1-7-5-10(15-11(12)14-7)8-3-2-4-9(13)6-8/h2-6H,1H3. The van der Waals surface area contributed by atoms with Crippen LogP contribution in [0, 0.1) is 12.7 Å². The Morgan fingerprint density at radius 2 is 2.00 bits per heavy atom. The van der Waals surface area contributed by atoms with Crippen LogP contribution < -0.4 is 0 Å². The summed E-state index contributed by atoms with van der Waals surface area (Å²) in [5.74, 6) is -0.292. The maximum Gasteiger partial charge on any atom is 0.223 e. The van der Waals surface area contributed by atoms with Crippen LogP contribution in [0.15, 0.2) is 30.3 Å². The summed E-state index contributed by atoms with van der Waals surface area (Å²) in [5.41, 5.74) is 2.09. The van der Waals surface area contributed by atoms with Gasteiger partial charge in [-0.25, -0.2) is 14.4 Å². The van der Waals surface area contributed by atoms with Crippen molar-refractivity contribution in [2.45, 2.75) is 6.92 Å². The number of hydrogen-bond acceptors (Lipinski definition) is 2. The third kappa shape index (κ3) is 2.30. The number of aromatic nitrogens is 2. The van der Waals surface area contributed by atoms with Crippen LogP contribution >= 0.6 is 11.6 Å². The van der Waals surface area contributed by atoms with Gasteiger partial charge >= 0.3 is 0 Å². The molecule has 0 N–H and O–H groups in total. The van der Waals surface area contributed by atoms with Crippen molar-refractivity contribution in [1.82, 2.24) is 9.97 Å². The van der Waals surface area contributed by atoms with E-state index in [2.05, 4.69) is 9.97 Å². The van der Waals surface area contributed by atoms with Crippen LogP contribution in [-0.4, -0.2) is 9.97 Å². The Kier molecular flexibility index (Phi) is 2.64. The van der Waals surface area contributed by atoms with E-state index in [-0.39, 0.29) is 11.1 Å². The van der Waals surface area contributed by atoms with E-state index in [1.807, 2.05) is 6.92 Å². The fourth-order valence-electron chi connectivity index (χ4n) is 1.33. The van der Waals surface area contributed by atoms with Gasteiger partial charge in [-0.2, -0.15) is 0 Å². The highest BCUT2D eigenvalue weighted by Crippen LogP contribution is 2.19. The summed E-state index contributed by atoms with van der Waals surface area (Å²) in [7, 11) is 0. The van der Waals surface area contributed by atoms with Crippen molar-refractivity contribution in [2.24, 2.45) is 0 Å². The van der Waals surface area contributed by atoms with E-state index in [0.717, 1.165) is 5.69 Å². The van der Waals surface area contributed by atoms with E-state index in [0.29, 0.717) is 11.3 Å². The summed E-state index contributed by atoms with van der Waals surface area (Å²) >= 11 is 5.72. The van der Waals surface area contributed by atoms with Gasteiger partial charge in [-0.3, -0.25) is 0 Å². The molecule has 0 aliphatic carbocycles. The molecule has 1 aromatic heterocycles. The Balaban J connectivity index is 2.54. The molecule has 2 nitrogen and oxygen atoms in total. The van der Waals surface area contributed by atoms with E-state index in [4.69, 9.17) is 11.6 Å². The molecule has 76 valence electrons. The number of nitrogens with zero attached hydrogens (tertiary/aromatic N) is 2. The normalized spacial score (nSPS) is 10.3. The van der Waals surface area contributed by atoms with Crippen molar-refractivity contribution in [3.63, 3.8) is 0 Å². The predicted molar refractivity (Wildman–Crippen MR) is 57.2 cm³/mol. The molecule has 0 amide bonds. The molecule has 0 bridgehead atoms. The third-order valence-corrected chi connectivity index (χ3v) is 2.12. The zero-order valence-corrected chi connectivity index (χ0v) is 8.79. The minimum Gasteiger partial charge on any atom is -0.223 e. The van der Waals surface area contributed by atoms with Gasteiger partial charge in [0, 0.05) is 11.3 Å². The van der Waals surface area contributed by atoms with Crippen molar-refractivity contribution in [3.8, 4) is 11.3 Å². The molecule has 0 aliphatic rings. The molecule has 0 fully saturated rings. The number of aryl methyl sites for hydroxylation is 1. The molecule has 0 saturated heterocycles. The summed E-state index contributed by atoms with van der Waals surface area (Å²) in [6.07, 6.45) is 0. The van der Waals surface area contributed by atoms with Gasteiger partial charge in [0.1, 0.15) is 5.82 Å². The van der Waals surface area contributed by atoms with Crippen molar-refractivity contribution in [3.05, 3.63) is 47.1 Å². The Labute approximate surface area is 91.8 Å².